The molecule has 15 heteroatoms. The highest BCUT2D eigenvalue weighted by Gasteiger charge is 2.37. The number of esters is 1. The molecular weight excluding hydrogens is 692 g/mol. The number of nitrogens with one attached hydrogen (secondary N) is 3. The number of carbonyl (C=O) groups excluding carboxylic acids is 5. The molecule has 1 aliphatic rings. The van der Waals surface area contributed by atoms with Crippen molar-refractivity contribution in [2.75, 3.05) is 41.6 Å². The minimum atomic E-state index is -0.693. The smallest absolute Gasteiger partial charge is 0.414 e. The number of hydrogen-bond donors (Lipinski definition) is 3. The molecule has 3 N–H and O–H groups in total. The predicted molar refractivity (Wildman–Crippen MR) is 196 cm³/mol. The summed E-state index contributed by atoms with van der Waals surface area (Å²) in [5, 5.41) is 9.37. The zero-order valence-corrected chi connectivity index (χ0v) is 30.3. The topological polar surface area (TPSA) is 170 Å². The highest BCUT2D eigenvalue weighted by atomic mass is 35.5. The van der Waals surface area contributed by atoms with Crippen molar-refractivity contribution in [2.45, 2.75) is 51.7 Å². The Kier molecular flexibility index (Phi) is 11.7. The van der Waals surface area contributed by atoms with Gasteiger partial charge in [-0.2, -0.15) is 0 Å². The number of hydrogen-bond acceptors (Lipinski definition) is 9. The van der Waals surface area contributed by atoms with Crippen LogP contribution in [0.4, 0.5) is 22.0 Å². The predicted octanol–water partition coefficient (Wildman–Crippen LogP) is 5.49. The number of alkyl halides is 1. The van der Waals surface area contributed by atoms with Crippen molar-refractivity contribution < 1.29 is 38.2 Å². The number of rotatable bonds is 12. The Hall–Kier alpha value is -5.63. The average molecular weight is 733 g/mol. The fourth-order valence-corrected chi connectivity index (χ4v) is 5.96. The molecule has 52 heavy (non-hydrogen) atoms. The largest absolute Gasteiger partial charge is 0.488 e. The summed E-state index contributed by atoms with van der Waals surface area (Å²) in [7, 11) is 2.77. The molecule has 1 atom stereocenters. The lowest BCUT2D eigenvalue weighted by molar-refractivity contribution is -0.139. The Labute approximate surface area is 305 Å². The number of fused-ring (bicyclic) bond motifs is 3. The lowest BCUT2D eigenvalue weighted by Gasteiger charge is -2.25. The maximum atomic E-state index is 13.3. The van der Waals surface area contributed by atoms with Crippen molar-refractivity contribution in [1.29, 1.82) is 0 Å². The molecule has 1 unspecified atom stereocenters. The summed E-state index contributed by atoms with van der Waals surface area (Å²) in [4.78, 5) is 68.4. The van der Waals surface area contributed by atoms with Crippen LogP contribution in [0.25, 0.3) is 10.8 Å². The summed E-state index contributed by atoms with van der Waals surface area (Å²) >= 11 is 6.44. The van der Waals surface area contributed by atoms with Crippen LogP contribution in [-0.4, -0.2) is 71.0 Å². The monoisotopic (exact) mass is 732 g/mol. The molecule has 4 amide bonds. The summed E-state index contributed by atoms with van der Waals surface area (Å²) in [6.07, 6.45) is 0.670. The van der Waals surface area contributed by atoms with Crippen molar-refractivity contribution in [2.24, 2.45) is 7.05 Å². The zero-order chi connectivity index (χ0) is 37.6. The van der Waals surface area contributed by atoms with E-state index in [4.69, 9.17) is 21.1 Å². The first-order chi connectivity index (χ1) is 24.8. The van der Waals surface area contributed by atoms with Crippen molar-refractivity contribution in [3.05, 3.63) is 77.7 Å². The normalized spacial score (nSPS) is 13.7. The van der Waals surface area contributed by atoms with Gasteiger partial charge in [-0.1, -0.05) is 36.4 Å². The fourth-order valence-electron chi connectivity index (χ4n) is 5.71. The minimum absolute atomic E-state index is 0.0269. The van der Waals surface area contributed by atoms with Crippen molar-refractivity contribution >= 4 is 69.4 Å². The minimum Gasteiger partial charge on any atom is -0.488 e. The number of benzene rings is 3. The van der Waals surface area contributed by atoms with E-state index >= 15 is 0 Å². The van der Waals surface area contributed by atoms with Crippen LogP contribution in [0.2, 0.25) is 0 Å². The second kappa shape index (κ2) is 16.1. The second-order valence-electron chi connectivity index (χ2n) is 13.2. The highest BCUT2D eigenvalue weighted by Crippen LogP contribution is 2.46. The van der Waals surface area contributed by atoms with E-state index in [-0.39, 0.29) is 49.4 Å². The number of ether oxygens (including phenoxy) is 3. The lowest BCUT2D eigenvalue weighted by atomic mass is 9.95. The van der Waals surface area contributed by atoms with Crippen molar-refractivity contribution in [3.8, 4) is 5.75 Å². The van der Waals surface area contributed by atoms with Crippen LogP contribution >= 0.6 is 11.6 Å². The van der Waals surface area contributed by atoms with Crippen LogP contribution < -0.4 is 25.6 Å². The Morgan fingerprint density at radius 2 is 1.67 bits per heavy atom. The standard InChI is InChI=1S/C37H41ClN6O8/c1-37(2,3)52-36(49)44-19-23(17-38)33-25-12-11-24(15-26(25)28(16-27(33)44)51-21-22-9-7-6-8-10-22)40-30(45)13-14-31(46)41-29-20-43(4)34(42-29)35(48)39-18-32(47)50-5/h6-12,15-16,20,23H,13-14,17-19,21H2,1-5H3,(H,39,48)(H,40,45)(H,41,46). The zero-order valence-electron chi connectivity index (χ0n) is 29.6. The number of amides is 4. The Bertz CT molecular complexity index is 1990. The van der Waals surface area contributed by atoms with Gasteiger partial charge in [0.1, 0.15) is 24.5 Å². The van der Waals surface area contributed by atoms with Gasteiger partial charge in [-0.3, -0.25) is 24.1 Å². The Morgan fingerprint density at radius 1 is 0.962 bits per heavy atom. The quantitative estimate of drug-likeness (QED) is 0.126. The number of nitrogens with zero attached hydrogens (tertiary/aromatic N) is 3. The first kappa shape index (κ1) is 37.6. The van der Waals surface area contributed by atoms with Crippen LogP contribution in [0.1, 0.15) is 61.3 Å². The number of anilines is 3. The molecule has 0 bridgehead atoms. The highest BCUT2D eigenvalue weighted by molar-refractivity contribution is 6.19. The van der Waals surface area contributed by atoms with Crippen LogP contribution in [0, 0.1) is 0 Å². The first-order valence-electron chi connectivity index (χ1n) is 16.6. The molecule has 4 aromatic rings. The molecule has 2 heterocycles. The van der Waals surface area contributed by atoms with Gasteiger partial charge in [-0.15, -0.1) is 11.6 Å². The van der Waals surface area contributed by atoms with Gasteiger partial charge in [0.25, 0.3) is 5.91 Å². The molecular formula is C37H41ClN6O8. The molecule has 0 fully saturated rings. The van der Waals surface area contributed by atoms with Crippen LogP contribution in [0.5, 0.6) is 5.75 Å². The third-order valence-corrected chi connectivity index (χ3v) is 8.46. The maximum absolute atomic E-state index is 13.3. The molecule has 0 saturated heterocycles. The van der Waals surface area contributed by atoms with Gasteiger partial charge in [0.2, 0.25) is 17.6 Å². The van der Waals surface area contributed by atoms with E-state index in [1.54, 1.807) is 24.1 Å². The second-order valence-corrected chi connectivity index (χ2v) is 13.5. The molecule has 0 spiro atoms. The third kappa shape index (κ3) is 9.18. The van der Waals surface area contributed by atoms with Crippen LogP contribution in [-0.2, 0) is 37.5 Å². The van der Waals surface area contributed by atoms with Gasteiger partial charge in [-0.25, -0.2) is 9.78 Å². The number of carbonyl (C=O) groups is 5. The summed E-state index contributed by atoms with van der Waals surface area (Å²) in [6.45, 7) is 5.71. The summed E-state index contributed by atoms with van der Waals surface area (Å²) in [5.41, 5.74) is 2.28. The number of halogens is 1. The lowest BCUT2D eigenvalue weighted by Crippen LogP contribution is -2.36. The number of aromatic nitrogens is 2. The van der Waals surface area contributed by atoms with E-state index in [9.17, 15) is 24.0 Å². The van der Waals surface area contributed by atoms with Gasteiger partial charge in [0, 0.05) is 61.6 Å². The molecule has 3 aromatic carbocycles. The molecule has 0 aliphatic carbocycles. The maximum Gasteiger partial charge on any atom is 0.414 e. The molecule has 0 radical (unpaired) electrons. The third-order valence-electron chi connectivity index (χ3n) is 8.09. The fraction of sp³-hybridized carbons (Fsp3) is 0.351. The van der Waals surface area contributed by atoms with Gasteiger partial charge in [0.05, 0.1) is 12.8 Å². The summed E-state index contributed by atoms with van der Waals surface area (Å²) < 4.78 is 18.0. The van der Waals surface area contributed by atoms with Gasteiger partial charge in [0.15, 0.2) is 5.82 Å². The number of methoxy groups -OCH3 is 1. The number of imidazole rings is 1. The van der Waals surface area contributed by atoms with Gasteiger partial charge < -0.3 is 34.7 Å². The van der Waals surface area contributed by atoms with E-state index in [0.29, 0.717) is 29.1 Å². The van der Waals surface area contributed by atoms with Crippen molar-refractivity contribution in [1.82, 2.24) is 14.9 Å². The summed E-state index contributed by atoms with van der Waals surface area (Å²) in [5.74, 6) is -1.44. The van der Waals surface area contributed by atoms with Crippen molar-refractivity contribution in [3.63, 3.8) is 0 Å². The molecule has 0 saturated carbocycles. The van der Waals surface area contributed by atoms with E-state index in [2.05, 4.69) is 25.7 Å². The van der Waals surface area contributed by atoms with Gasteiger partial charge in [-0.05, 0) is 49.4 Å². The Morgan fingerprint density at radius 3 is 2.35 bits per heavy atom. The number of aryl methyl sites for hydroxylation is 1. The van der Waals surface area contributed by atoms with Gasteiger partial charge >= 0.3 is 12.1 Å². The summed E-state index contributed by atoms with van der Waals surface area (Å²) in [6, 6.07) is 16.9. The molecule has 1 aliphatic heterocycles. The Balaban J connectivity index is 1.31. The van der Waals surface area contributed by atoms with E-state index in [1.807, 2.05) is 63.2 Å². The van der Waals surface area contributed by atoms with Crippen LogP contribution in [0.3, 0.4) is 0 Å². The van der Waals surface area contributed by atoms with E-state index < -0.39 is 35.4 Å². The SMILES string of the molecule is COC(=O)CNC(=O)c1nc(NC(=O)CCC(=O)Nc2ccc3c4c(cc(OCc5ccccc5)c3c2)N(C(=O)OC(C)(C)C)CC4CCl)cn1C. The molecule has 5 rings (SSSR count). The van der Waals surface area contributed by atoms with E-state index in [1.165, 1.54) is 17.9 Å². The van der Waals surface area contributed by atoms with E-state index in [0.717, 1.165) is 16.5 Å². The first-order valence-corrected chi connectivity index (χ1v) is 17.1. The average Bonchev–Trinajstić information content (AvgIpc) is 3.67. The molecule has 274 valence electrons. The molecule has 1 aromatic heterocycles. The van der Waals surface area contributed by atoms with Crippen LogP contribution in [0.15, 0.2) is 60.8 Å². The molecule has 14 nitrogen and oxygen atoms in total.